The van der Waals surface area contributed by atoms with Crippen LogP contribution in [0.15, 0.2) is 40.6 Å². The second-order valence-electron chi connectivity index (χ2n) is 7.28. The van der Waals surface area contributed by atoms with Gasteiger partial charge in [0.1, 0.15) is 10.7 Å². The fourth-order valence-electron chi connectivity index (χ4n) is 4.03. The molecule has 0 radical (unpaired) electrons. The van der Waals surface area contributed by atoms with Gasteiger partial charge in [0.25, 0.3) is 5.91 Å². The topological polar surface area (TPSA) is 57.7 Å². The monoisotopic (exact) mass is 422 g/mol. The lowest BCUT2D eigenvalue weighted by molar-refractivity contribution is 0.0737. The number of nitrogens with zero attached hydrogens (tertiary/aromatic N) is 2. The van der Waals surface area contributed by atoms with Crippen molar-refractivity contribution < 1.29 is 17.6 Å². The third-order valence-electron chi connectivity index (χ3n) is 5.50. The van der Waals surface area contributed by atoms with Gasteiger partial charge in [-0.3, -0.25) is 4.79 Å². The van der Waals surface area contributed by atoms with Crippen LogP contribution in [0.25, 0.3) is 0 Å². The average molecular weight is 423 g/mol. The molecule has 0 N–H and O–H groups in total. The molecule has 1 aromatic heterocycles. The molecular weight excluding hydrogens is 399 g/mol. The molecule has 1 unspecified atom stereocenters. The Balaban J connectivity index is 1.64. The average Bonchev–Trinajstić information content (AvgIpc) is 3.40. The number of carbonyl (C=O) groups is 1. The van der Waals surface area contributed by atoms with Gasteiger partial charge in [-0.2, -0.15) is 4.31 Å². The van der Waals surface area contributed by atoms with Crippen LogP contribution in [0.3, 0.4) is 0 Å². The molecule has 5 nitrogen and oxygen atoms in total. The molecule has 2 aliphatic heterocycles. The van der Waals surface area contributed by atoms with E-state index in [1.54, 1.807) is 16.2 Å². The number of benzene rings is 1. The Kier molecular flexibility index (Phi) is 5.53. The van der Waals surface area contributed by atoms with Gasteiger partial charge in [0.15, 0.2) is 0 Å². The fraction of sp³-hybridized carbons (Fsp3) is 0.450. The third-order valence-corrected chi connectivity index (χ3v) is 8.38. The lowest BCUT2D eigenvalue weighted by atomic mass is 10.1. The third kappa shape index (κ3) is 3.60. The second-order valence-corrected chi connectivity index (χ2v) is 10.2. The number of halogens is 1. The minimum atomic E-state index is -3.94. The summed E-state index contributed by atoms with van der Waals surface area (Å²) in [5.74, 6) is -1.05. The molecular formula is C20H23FN2O3S2. The number of likely N-dealkylation sites (tertiary alicyclic amines) is 1. The van der Waals surface area contributed by atoms with E-state index in [-0.39, 0.29) is 17.5 Å². The van der Waals surface area contributed by atoms with E-state index in [1.165, 1.54) is 16.4 Å². The van der Waals surface area contributed by atoms with Crippen LogP contribution in [0.1, 0.15) is 53.4 Å². The molecule has 2 saturated heterocycles. The van der Waals surface area contributed by atoms with Crippen molar-refractivity contribution in [2.45, 2.75) is 43.0 Å². The Bertz CT molecular complexity index is 954. The predicted octanol–water partition coefficient (Wildman–Crippen LogP) is 4.04. The molecule has 2 aromatic rings. The van der Waals surface area contributed by atoms with E-state index in [9.17, 15) is 17.6 Å². The number of carbonyl (C=O) groups excluding carboxylic acids is 1. The summed E-state index contributed by atoms with van der Waals surface area (Å²) in [5, 5.41) is 1.98. The Morgan fingerprint density at radius 2 is 1.86 bits per heavy atom. The first-order valence-corrected chi connectivity index (χ1v) is 11.9. The summed E-state index contributed by atoms with van der Waals surface area (Å²) in [5.41, 5.74) is 0.223. The molecule has 8 heteroatoms. The lowest BCUT2D eigenvalue weighted by Gasteiger charge is -2.27. The normalized spacial score (nSPS) is 21.2. The Hall–Kier alpha value is -1.77. The number of amides is 1. The smallest absolute Gasteiger partial charge is 0.254 e. The molecule has 3 heterocycles. The van der Waals surface area contributed by atoms with Gasteiger partial charge in [-0.25, -0.2) is 12.8 Å². The van der Waals surface area contributed by atoms with Crippen molar-refractivity contribution in [1.82, 2.24) is 9.21 Å². The Morgan fingerprint density at radius 3 is 2.57 bits per heavy atom. The molecule has 0 saturated carbocycles. The van der Waals surface area contributed by atoms with E-state index in [1.807, 2.05) is 17.5 Å². The van der Waals surface area contributed by atoms with Crippen LogP contribution in [-0.4, -0.2) is 43.2 Å². The highest BCUT2D eigenvalue weighted by Crippen LogP contribution is 2.36. The van der Waals surface area contributed by atoms with Gasteiger partial charge in [0, 0.05) is 30.1 Å². The molecule has 28 heavy (non-hydrogen) atoms. The van der Waals surface area contributed by atoms with Gasteiger partial charge in [-0.1, -0.05) is 12.5 Å². The van der Waals surface area contributed by atoms with Crippen molar-refractivity contribution in [3.63, 3.8) is 0 Å². The van der Waals surface area contributed by atoms with Crippen LogP contribution in [0, 0.1) is 5.82 Å². The first-order valence-electron chi connectivity index (χ1n) is 9.62. The number of rotatable bonds is 4. The van der Waals surface area contributed by atoms with Gasteiger partial charge in [0.2, 0.25) is 10.0 Å². The summed E-state index contributed by atoms with van der Waals surface area (Å²) in [4.78, 5) is 15.6. The highest BCUT2D eigenvalue weighted by molar-refractivity contribution is 7.89. The maximum Gasteiger partial charge on any atom is 0.254 e. The Morgan fingerprint density at radius 1 is 1.07 bits per heavy atom. The van der Waals surface area contributed by atoms with Crippen molar-refractivity contribution in [2.75, 3.05) is 19.6 Å². The van der Waals surface area contributed by atoms with Gasteiger partial charge in [-0.15, -0.1) is 11.3 Å². The van der Waals surface area contributed by atoms with E-state index in [2.05, 4.69) is 0 Å². The zero-order chi connectivity index (χ0) is 19.7. The summed E-state index contributed by atoms with van der Waals surface area (Å²) in [6.45, 7) is 1.41. The quantitative estimate of drug-likeness (QED) is 0.747. The highest BCUT2D eigenvalue weighted by Gasteiger charge is 2.33. The van der Waals surface area contributed by atoms with Crippen molar-refractivity contribution in [3.8, 4) is 0 Å². The highest BCUT2D eigenvalue weighted by atomic mass is 32.2. The molecule has 0 bridgehead atoms. The molecule has 0 aliphatic carbocycles. The summed E-state index contributed by atoms with van der Waals surface area (Å²) >= 11 is 1.61. The second kappa shape index (κ2) is 7.93. The molecule has 1 amide bonds. The molecule has 1 atom stereocenters. The zero-order valence-electron chi connectivity index (χ0n) is 15.5. The lowest BCUT2D eigenvalue weighted by Crippen LogP contribution is -2.36. The number of hydrogen-bond donors (Lipinski definition) is 0. The standard InChI is InChI=1S/C20H23FN2O3S2/c21-16-9-8-15(14-19(16)28(25,26)22-10-2-1-3-11-22)20(24)23-12-4-6-17(23)18-7-5-13-27-18/h5,7-9,13-14,17H,1-4,6,10-12H2. The van der Waals surface area contributed by atoms with E-state index in [0.717, 1.165) is 43.0 Å². The summed E-state index contributed by atoms with van der Waals surface area (Å²) in [7, 11) is -3.94. The fourth-order valence-corrected chi connectivity index (χ4v) is 6.51. The van der Waals surface area contributed by atoms with Crippen molar-refractivity contribution in [1.29, 1.82) is 0 Å². The molecule has 1 aromatic carbocycles. The summed E-state index contributed by atoms with van der Waals surface area (Å²) in [6, 6.07) is 7.67. The summed E-state index contributed by atoms with van der Waals surface area (Å²) < 4.78 is 41.6. The van der Waals surface area contributed by atoms with E-state index in [4.69, 9.17) is 0 Å². The van der Waals surface area contributed by atoms with Gasteiger partial charge >= 0.3 is 0 Å². The number of sulfonamides is 1. The van der Waals surface area contributed by atoms with E-state index >= 15 is 0 Å². The first-order chi connectivity index (χ1) is 13.5. The van der Waals surface area contributed by atoms with Crippen LogP contribution in [-0.2, 0) is 10.0 Å². The number of hydrogen-bond acceptors (Lipinski definition) is 4. The van der Waals surface area contributed by atoms with E-state index < -0.39 is 20.7 Å². The van der Waals surface area contributed by atoms with E-state index in [0.29, 0.717) is 19.6 Å². The van der Waals surface area contributed by atoms with Gasteiger partial charge < -0.3 is 4.90 Å². The largest absolute Gasteiger partial charge is 0.331 e. The molecule has 150 valence electrons. The zero-order valence-corrected chi connectivity index (χ0v) is 17.1. The predicted molar refractivity (Wildman–Crippen MR) is 106 cm³/mol. The van der Waals surface area contributed by atoms with Gasteiger partial charge in [0.05, 0.1) is 6.04 Å². The van der Waals surface area contributed by atoms with Crippen LogP contribution in [0.4, 0.5) is 4.39 Å². The van der Waals surface area contributed by atoms with Crippen molar-refractivity contribution in [2.24, 2.45) is 0 Å². The maximum atomic E-state index is 14.4. The Labute approximate surface area is 168 Å². The molecule has 4 rings (SSSR count). The molecule has 0 spiro atoms. The maximum absolute atomic E-state index is 14.4. The number of thiophene rings is 1. The minimum Gasteiger partial charge on any atom is -0.331 e. The van der Waals surface area contributed by atoms with Crippen LogP contribution in [0.5, 0.6) is 0 Å². The minimum absolute atomic E-state index is 0.000273. The van der Waals surface area contributed by atoms with Crippen LogP contribution < -0.4 is 0 Å². The van der Waals surface area contributed by atoms with Crippen molar-refractivity contribution in [3.05, 3.63) is 52.0 Å². The number of piperidine rings is 1. The molecule has 2 aliphatic rings. The van der Waals surface area contributed by atoms with Crippen LogP contribution in [0.2, 0.25) is 0 Å². The molecule has 2 fully saturated rings. The van der Waals surface area contributed by atoms with Crippen molar-refractivity contribution >= 4 is 27.3 Å². The van der Waals surface area contributed by atoms with Crippen LogP contribution >= 0.6 is 11.3 Å². The SMILES string of the molecule is O=C(c1ccc(F)c(S(=O)(=O)N2CCCCC2)c1)N1CCCC1c1cccs1. The van der Waals surface area contributed by atoms with Gasteiger partial charge in [-0.05, 0) is 55.3 Å². The first kappa shape index (κ1) is 19.5. The summed E-state index contributed by atoms with van der Waals surface area (Å²) in [6.07, 6.45) is 4.30.